The molecule has 0 aliphatic rings. The highest BCUT2D eigenvalue weighted by molar-refractivity contribution is 5.25. The Balaban J connectivity index is 2.44. The van der Waals surface area contributed by atoms with Gasteiger partial charge < -0.3 is 15.1 Å². The molecule has 74 valence electrons. The van der Waals surface area contributed by atoms with Gasteiger partial charge in [0.05, 0.1) is 0 Å². The van der Waals surface area contributed by atoms with Gasteiger partial charge in [-0.25, -0.2) is 0 Å². The van der Waals surface area contributed by atoms with Crippen molar-refractivity contribution in [3.05, 3.63) is 0 Å². The molecule has 0 unspecified atom stereocenters. The highest BCUT2D eigenvalue weighted by atomic mass is 16.4. The quantitative estimate of drug-likeness (QED) is 0.759. The number of hydrogen-bond donors (Lipinski definition) is 1. The minimum Gasteiger partial charge on any atom is -0.390 e. The van der Waals surface area contributed by atoms with Crippen molar-refractivity contribution in [3.63, 3.8) is 0 Å². The van der Waals surface area contributed by atoms with Gasteiger partial charge in [0.15, 0.2) is 0 Å². The van der Waals surface area contributed by atoms with Crippen LogP contribution in [0, 0.1) is 5.92 Å². The van der Waals surface area contributed by atoms with Gasteiger partial charge in [-0.05, 0) is 12.3 Å². The van der Waals surface area contributed by atoms with Crippen LogP contribution in [0.15, 0.2) is 4.42 Å². The largest absolute Gasteiger partial charge is 0.390 e. The van der Waals surface area contributed by atoms with Crippen molar-refractivity contribution in [1.82, 2.24) is 10.2 Å². The molecule has 2 N–H and O–H groups in total. The summed E-state index contributed by atoms with van der Waals surface area (Å²) in [4.78, 5) is 1.91. The number of rotatable bonds is 4. The van der Waals surface area contributed by atoms with Crippen LogP contribution in [0.3, 0.4) is 0 Å². The fourth-order valence-corrected chi connectivity index (χ4v) is 0.928. The Hall–Kier alpha value is -1.26. The molecule has 0 aliphatic heterocycles. The molecule has 0 fully saturated rings. The standard InChI is InChI=1S/C8H16N4O/c1-6(2)4-5-12(3)8-11-10-7(9)13-8/h6H,4-5H2,1-3H3,(H2,9,10). The third kappa shape index (κ3) is 2.93. The van der Waals surface area contributed by atoms with Gasteiger partial charge in [0, 0.05) is 13.6 Å². The van der Waals surface area contributed by atoms with E-state index in [1.807, 2.05) is 11.9 Å². The highest BCUT2D eigenvalue weighted by Gasteiger charge is 2.08. The average molecular weight is 184 g/mol. The number of nitrogens with zero attached hydrogens (tertiary/aromatic N) is 3. The number of nitrogen functional groups attached to an aromatic ring is 1. The predicted molar refractivity (Wildman–Crippen MR) is 51.4 cm³/mol. The molecule has 1 aromatic heterocycles. The zero-order valence-electron chi connectivity index (χ0n) is 8.32. The van der Waals surface area contributed by atoms with E-state index in [2.05, 4.69) is 24.0 Å². The second-order valence-electron chi connectivity index (χ2n) is 3.53. The van der Waals surface area contributed by atoms with Crippen LogP contribution in [0.25, 0.3) is 0 Å². The van der Waals surface area contributed by atoms with Crippen LogP contribution in [-0.2, 0) is 0 Å². The van der Waals surface area contributed by atoms with Gasteiger partial charge in [-0.1, -0.05) is 24.0 Å². The number of nitrogens with two attached hydrogens (primary N) is 1. The van der Waals surface area contributed by atoms with E-state index in [1.165, 1.54) is 0 Å². The van der Waals surface area contributed by atoms with Crippen LogP contribution in [0.1, 0.15) is 20.3 Å². The molecule has 1 rings (SSSR count). The maximum absolute atomic E-state index is 5.31. The van der Waals surface area contributed by atoms with Gasteiger partial charge in [0.1, 0.15) is 0 Å². The van der Waals surface area contributed by atoms with E-state index in [-0.39, 0.29) is 6.01 Å². The summed E-state index contributed by atoms with van der Waals surface area (Å²) >= 11 is 0. The van der Waals surface area contributed by atoms with Crippen molar-refractivity contribution in [2.75, 3.05) is 24.2 Å². The second-order valence-corrected chi connectivity index (χ2v) is 3.53. The Bertz CT molecular complexity index is 258. The Labute approximate surface area is 77.9 Å². The molecule has 5 nitrogen and oxygen atoms in total. The number of aromatic nitrogens is 2. The van der Waals surface area contributed by atoms with Crippen molar-refractivity contribution in [2.45, 2.75) is 20.3 Å². The second kappa shape index (κ2) is 4.11. The van der Waals surface area contributed by atoms with Crippen LogP contribution < -0.4 is 10.6 Å². The van der Waals surface area contributed by atoms with E-state index in [0.29, 0.717) is 11.9 Å². The number of anilines is 2. The molecule has 0 aromatic carbocycles. The molecule has 13 heavy (non-hydrogen) atoms. The topological polar surface area (TPSA) is 68.2 Å². The van der Waals surface area contributed by atoms with Crippen LogP contribution in [-0.4, -0.2) is 23.8 Å². The smallest absolute Gasteiger partial charge is 0.319 e. The monoisotopic (exact) mass is 184 g/mol. The Morgan fingerprint density at radius 2 is 2.15 bits per heavy atom. The molecule has 0 radical (unpaired) electrons. The summed E-state index contributed by atoms with van der Waals surface area (Å²) in [7, 11) is 1.91. The minimum absolute atomic E-state index is 0.117. The highest BCUT2D eigenvalue weighted by Crippen LogP contribution is 2.12. The van der Waals surface area contributed by atoms with E-state index in [1.54, 1.807) is 0 Å². The van der Waals surface area contributed by atoms with E-state index >= 15 is 0 Å². The molecule has 5 heteroatoms. The molecule has 0 amide bonds. The minimum atomic E-state index is 0.117. The first-order valence-corrected chi connectivity index (χ1v) is 4.39. The molecule has 1 heterocycles. The zero-order chi connectivity index (χ0) is 9.84. The van der Waals surface area contributed by atoms with E-state index in [9.17, 15) is 0 Å². The van der Waals surface area contributed by atoms with Crippen molar-refractivity contribution in [3.8, 4) is 0 Å². The fraction of sp³-hybridized carbons (Fsp3) is 0.750. The number of hydrogen-bond acceptors (Lipinski definition) is 5. The molecule has 0 saturated carbocycles. The summed E-state index contributed by atoms with van der Waals surface area (Å²) in [5.41, 5.74) is 5.31. The van der Waals surface area contributed by atoms with Crippen LogP contribution >= 0.6 is 0 Å². The molecule has 0 bridgehead atoms. The Morgan fingerprint density at radius 3 is 2.62 bits per heavy atom. The molecule has 1 aromatic rings. The fourth-order valence-electron chi connectivity index (χ4n) is 0.928. The lowest BCUT2D eigenvalue weighted by atomic mass is 10.1. The molecular formula is C8H16N4O. The maximum Gasteiger partial charge on any atom is 0.319 e. The van der Waals surface area contributed by atoms with Crippen molar-refractivity contribution < 1.29 is 4.42 Å². The van der Waals surface area contributed by atoms with Crippen LogP contribution in [0.5, 0.6) is 0 Å². The lowest BCUT2D eigenvalue weighted by molar-refractivity contribution is 0.531. The summed E-state index contributed by atoms with van der Waals surface area (Å²) in [5, 5.41) is 7.36. The van der Waals surface area contributed by atoms with Gasteiger partial charge in [-0.3, -0.25) is 0 Å². The first-order valence-electron chi connectivity index (χ1n) is 4.39. The third-order valence-electron chi connectivity index (χ3n) is 1.80. The molecule has 0 saturated heterocycles. The predicted octanol–water partition coefficient (Wildman–Crippen LogP) is 1.13. The van der Waals surface area contributed by atoms with Gasteiger partial charge >= 0.3 is 12.0 Å². The van der Waals surface area contributed by atoms with Gasteiger partial charge in [0.25, 0.3) is 0 Å². The maximum atomic E-state index is 5.31. The van der Waals surface area contributed by atoms with Crippen molar-refractivity contribution in [2.24, 2.45) is 5.92 Å². The molecular weight excluding hydrogens is 168 g/mol. The molecule has 0 aliphatic carbocycles. The van der Waals surface area contributed by atoms with Crippen LogP contribution in [0.4, 0.5) is 12.0 Å². The van der Waals surface area contributed by atoms with E-state index < -0.39 is 0 Å². The summed E-state index contributed by atoms with van der Waals surface area (Å²) in [6, 6.07) is 0.601. The zero-order valence-corrected chi connectivity index (χ0v) is 8.32. The van der Waals surface area contributed by atoms with Crippen molar-refractivity contribution >= 4 is 12.0 Å². The molecule has 0 atom stereocenters. The van der Waals surface area contributed by atoms with Gasteiger partial charge in [0.2, 0.25) is 0 Å². The van der Waals surface area contributed by atoms with Crippen molar-refractivity contribution in [1.29, 1.82) is 0 Å². The Morgan fingerprint density at radius 1 is 1.46 bits per heavy atom. The lowest BCUT2D eigenvalue weighted by Gasteiger charge is -2.14. The summed E-state index contributed by atoms with van der Waals surface area (Å²) in [6.45, 7) is 5.26. The summed E-state index contributed by atoms with van der Waals surface area (Å²) < 4.78 is 5.06. The normalized spacial score (nSPS) is 10.8. The Kier molecular flexibility index (Phi) is 3.11. The van der Waals surface area contributed by atoms with E-state index in [0.717, 1.165) is 13.0 Å². The van der Waals surface area contributed by atoms with Crippen LogP contribution in [0.2, 0.25) is 0 Å². The molecule has 0 spiro atoms. The SMILES string of the molecule is CC(C)CCN(C)c1nnc(N)o1. The third-order valence-corrected chi connectivity index (χ3v) is 1.80. The summed E-state index contributed by atoms with van der Waals surface area (Å²) in [6.07, 6.45) is 1.10. The first-order chi connectivity index (χ1) is 6.09. The summed E-state index contributed by atoms with van der Waals surface area (Å²) in [5.74, 6) is 0.669. The van der Waals surface area contributed by atoms with Gasteiger partial charge in [-0.15, -0.1) is 0 Å². The first kappa shape index (κ1) is 9.83. The van der Waals surface area contributed by atoms with E-state index in [4.69, 9.17) is 10.2 Å². The van der Waals surface area contributed by atoms with Gasteiger partial charge in [-0.2, -0.15) is 0 Å². The average Bonchev–Trinajstić information content (AvgIpc) is 2.47. The lowest BCUT2D eigenvalue weighted by Crippen LogP contribution is -2.20.